The van der Waals surface area contributed by atoms with Crippen LogP contribution in [0, 0.1) is 6.92 Å². The summed E-state index contributed by atoms with van der Waals surface area (Å²) in [5.74, 6) is -1.56. The zero-order chi connectivity index (χ0) is 17.7. The van der Waals surface area contributed by atoms with Gasteiger partial charge in [-0.15, -0.1) is 0 Å². The molecule has 0 saturated heterocycles. The fraction of sp³-hybridized carbons (Fsp3) is 0.389. The Balaban J connectivity index is 2.10. The van der Waals surface area contributed by atoms with Gasteiger partial charge in [-0.3, -0.25) is 14.6 Å². The summed E-state index contributed by atoms with van der Waals surface area (Å²) < 4.78 is 0. The first kappa shape index (κ1) is 17.9. The zero-order valence-electron chi connectivity index (χ0n) is 14.2. The highest BCUT2D eigenvalue weighted by Crippen LogP contribution is 2.21. The Morgan fingerprint density at radius 3 is 2.50 bits per heavy atom. The van der Waals surface area contributed by atoms with Gasteiger partial charge >= 0.3 is 11.8 Å². The smallest absolute Gasteiger partial charge is 0.313 e. The van der Waals surface area contributed by atoms with Gasteiger partial charge in [0.1, 0.15) is 0 Å². The number of rotatable bonds is 5. The number of hydrogen-bond donors (Lipinski definition) is 3. The molecule has 3 N–H and O–H groups in total. The predicted octanol–water partition coefficient (Wildman–Crippen LogP) is 2.15. The summed E-state index contributed by atoms with van der Waals surface area (Å²) in [6.07, 6.45) is 0.996. The summed E-state index contributed by atoms with van der Waals surface area (Å²) in [4.78, 5) is 28.5. The number of pyridine rings is 1. The summed E-state index contributed by atoms with van der Waals surface area (Å²) >= 11 is 0. The first-order chi connectivity index (χ1) is 11.4. The molecule has 0 aliphatic rings. The molecule has 0 bridgehead atoms. The Bertz CT molecular complexity index is 754. The molecule has 1 aromatic heterocycles. The van der Waals surface area contributed by atoms with Crippen LogP contribution in [0.3, 0.4) is 0 Å². The van der Waals surface area contributed by atoms with Crippen LogP contribution >= 0.6 is 0 Å². The molecule has 0 spiro atoms. The van der Waals surface area contributed by atoms with Gasteiger partial charge in [-0.1, -0.05) is 32.0 Å². The number of carbonyl (C=O) groups excluding carboxylic acids is 2. The quantitative estimate of drug-likeness (QED) is 0.733. The van der Waals surface area contributed by atoms with Crippen molar-refractivity contribution in [3.63, 3.8) is 0 Å². The first-order valence-electron chi connectivity index (χ1n) is 8.06. The topological polar surface area (TPSA) is 91.3 Å². The highest BCUT2D eigenvalue weighted by Gasteiger charge is 2.24. The second-order valence-electron chi connectivity index (χ2n) is 5.90. The van der Waals surface area contributed by atoms with Crippen LogP contribution in [0.25, 0.3) is 10.9 Å². The van der Waals surface area contributed by atoms with Crippen LogP contribution in [-0.2, 0) is 9.59 Å². The number of para-hydroxylation sites is 1. The van der Waals surface area contributed by atoms with Crippen LogP contribution in [-0.4, -0.2) is 34.1 Å². The van der Waals surface area contributed by atoms with Gasteiger partial charge in [0, 0.05) is 17.6 Å². The number of hydrogen-bond acceptors (Lipinski definition) is 4. The Hall–Kier alpha value is -2.47. The maximum atomic E-state index is 12.1. The lowest BCUT2D eigenvalue weighted by Gasteiger charge is -2.25. The molecule has 2 amide bonds. The maximum Gasteiger partial charge on any atom is 0.313 e. The lowest BCUT2D eigenvalue weighted by atomic mass is 9.98. The highest BCUT2D eigenvalue weighted by molar-refractivity contribution is 6.40. The van der Waals surface area contributed by atoms with Crippen molar-refractivity contribution < 1.29 is 14.7 Å². The number of nitrogens with zero attached hydrogens (tertiary/aromatic N) is 1. The standard InChI is InChI=1S/C18H23N3O3/c1-4-18(24,5-2)11-19-16(22)17(23)21-14-8-6-7-13-10-9-12(3)20-15(13)14/h6-10,24H,4-5,11H2,1-3H3,(H,19,22)(H,21,23). The average molecular weight is 329 g/mol. The number of nitrogens with one attached hydrogen (secondary N) is 2. The van der Waals surface area contributed by atoms with Crippen LogP contribution in [0.4, 0.5) is 5.69 Å². The number of amides is 2. The van der Waals surface area contributed by atoms with E-state index >= 15 is 0 Å². The highest BCUT2D eigenvalue weighted by atomic mass is 16.3. The van der Waals surface area contributed by atoms with Crippen molar-refractivity contribution in [1.29, 1.82) is 0 Å². The number of aryl methyl sites for hydroxylation is 1. The Labute approximate surface area is 141 Å². The van der Waals surface area contributed by atoms with Gasteiger partial charge in [0.15, 0.2) is 0 Å². The van der Waals surface area contributed by atoms with E-state index < -0.39 is 17.4 Å². The molecule has 0 atom stereocenters. The molecule has 6 nitrogen and oxygen atoms in total. The normalized spacial score (nSPS) is 11.3. The van der Waals surface area contributed by atoms with E-state index in [0.717, 1.165) is 11.1 Å². The van der Waals surface area contributed by atoms with Crippen LogP contribution in [0.15, 0.2) is 30.3 Å². The fourth-order valence-corrected chi connectivity index (χ4v) is 2.35. The van der Waals surface area contributed by atoms with E-state index in [2.05, 4.69) is 15.6 Å². The van der Waals surface area contributed by atoms with Crippen molar-refractivity contribution >= 4 is 28.4 Å². The summed E-state index contributed by atoms with van der Waals surface area (Å²) in [5.41, 5.74) is 0.952. The molecule has 128 valence electrons. The molecule has 0 aliphatic carbocycles. The molecular formula is C18H23N3O3. The predicted molar refractivity (Wildman–Crippen MR) is 93.7 cm³/mol. The summed E-state index contributed by atoms with van der Waals surface area (Å²) in [7, 11) is 0. The summed E-state index contributed by atoms with van der Waals surface area (Å²) in [5, 5.41) is 16.1. The summed E-state index contributed by atoms with van der Waals surface area (Å²) in [6.45, 7) is 5.57. The molecule has 1 aromatic carbocycles. The number of fused-ring (bicyclic) bond motifs is 1. The van der Waals surface area contributed by atoms with E-state index in [0.29, 0.717) is 24.0 Å². The number of anilines is 1. The lowest BCUT2D eigenvalue weighted by molar-refractivity contribution is -0.136. The molecule has 0 aliphatic heterocycles. The van der Waals surface area contributed by atoms with Crippen molar-refractivity contribution in [3.05, 3.63) is 36.0 Å². The van der Waals surface area contributed by atoms with Gasteiger partial charge in [-0.05, 0) is 31.9 Å². The minimum atomic E-state index is -0.992. The SMILES string of the molecule is CCC(O)(CC)CNC(=O)C(=O)Nc1cccc2ccc(C)nc12. The molecule has 0 saturated carbocycles. The molecular weight excluding hydrogens is 306 g/mol. The summed E-state index contributed by atoms with van der Waals surface area (Å²) in [6, 6.07) is 9.18. The molecule has 0 radical (unpaired) electrons. The monoisotopic (exact) mass is 329 g/mol. The fourth-order valence-electron chi connectivity index (χ4n) is 2.35. The van der Waals surface area contributed by atoms with Gasteiger partial charge in [0.2, 0.25) is 0 Å². The van der Waals surface area contributed by atoms with Crippen molar-refractivity contribution in [2.45, 2.75) is 39.2 Å². The van der Waals surface area contributed by atoms with Crippen molar-refractivity contribution in [2.75, 3.05) is 11.9 Å². The molecule has 2 aromatic rings. The molecule has 1 heterocycles. The van der Waals surface area contributed by atoms with Gasteiger partial charge in [-0.2, -0.15) is 0 Å². The Morgan fingerprint density at radius 2 is 1.83 bits per heavy atom. The minimum Gasteiger partial charge on any atom is -0.388 e. The lowest BCUT2D eigenvalue weighted by Crippen LogP contribution is -2.45. The molecule has 24 heavy (non-hydrogen) atoms. The average Bonchev–Trinajstić information content (AvgIpc) is 2.59. The Kier molecular flexibility index (Phi) is 5.51. The molecule has 0 unspecified atom stereocenters. The largest absolute Gasteiger partial charge is 0.388 e. The third-order valence-electron chi connectivity index (χ3n) is 4.21. The van der Waals surface area contributed by atoms with E-state index in [4.69, 9.17) is 0 Å². The number of aromatic nitrogens is 1. The van der Waals surface area contributed by atoms with Crippen molar-refractivity contribution in [1.82, 2.24) is 10.3 Å². The van der Waals surface area contributed by atoms with E-state index in [1.54, 1.807) is 12.1 Å². The van der Waals surface area contributed by atoms with Crippen LogP contribution in [0.5, 0.6) is 0 Å². The van der Waals surface area contributed by atoms with Gasteiger partial charge in [-0.25, -0.2) is 0 Å². The minimum absolute atomic E-state index is 0.0408. The second kappa shape index (κ2) is 7.40. The zero-order valence-corrected chi connectivity index (χ0v) is 14.2. The van der Waals surface area contributed by atoms with Crippen LogP contribution < -0.4 is 10.6 Å². The van der Waals surface area contributed by atoms with Gasteiger partial charge in [0.05, 0.1) is 16.8 Å². The maximum absolute atomic E-state index is 12.1. The molecule has 2 rings (SSSR count). The van der Waals surface area contributed by atoms with Gasteiger partial charge in [0.25, 0.3) is 0 Å². The Morgan fingerprint density at radius 1 is 1.12 bits per heavy atom. The first-order valence-corrected chi connectivity index (χ1v) is 8.06. The van der Waals surface area contributed by atoms with Crippen LogP contribution in [0.2, 0.25) is 0 Å². The third-order valence-corrected chi connectivity index (χ3v) is 4.21. The van der Waals surface area contributed by atoms with E-state index in [-0.39, 0.29) is 6.54 Å². The van der Waals surface area contributed by atoms with Crippen molar-refractivity contribution in [3.8, 4) is 0 Å². The second-order valence-corrected chi connectivity index (χ2v) is 5.90. The molecule has 6 heteroatoms. The van der Waals surface area contributed by atoms with E-state index in [9.17, 15) is 14.7 Å². The van der Waals surface area contributed by atoms with Gasteiger partial charge < -0.3 is 15.7 Å². The van der Waals surface area contributed by atoms with Crippen LogP contribution in [0.1, 0.15) is 32.4 Å². The van der Waals surface area contributed by atoms with E-state index in [1.807, 2.05) is 39.0 Å². The number of aliphatic hydroxyl groups is 1. The number of carbonyl (C=O) groups is 2. The number of benzene rings is 1. The third kappa shape index (κ3) is 4.08. The van der Waals surface area contributed by atoms with Crippen molar-refractivity contribution in [2.24, 2.45) is 0 Å². The van der Waals surface area contributed by atoms with E-state index in [1.165, 1.54) is 0 Å². The molecule has 0 fully saturated rings.